The molecule has 1 aromatic carbocycles. The van der Waals surface area contributed by atoms with Crippen LogP contribution in [0.3, 0.4) is 0 Å². The van der Waals surface area contributed by atoms with Gasteiger partial charge in [-0.05, 0) is 38.0 Å². The Bertz CT molecular complexity index is 602. The van der Waals surface area contributed by atoms with Gasteiger partial charge in [0.15, 0.2) is 5.82 Å². The van der Waals surface area contributed by atoms with E-state index in [4.69, 9.17) is 4.74 Å². The number of hydrogen-bond donors (Lipinski definition) is 2. The second-order valence-electron chi connectivity index (χ2n) is 4.95. The Kier molecular flexibility index (Phi) is 4.92. The molecule has 0 aliphatic heterocycles. The van der Waals surface area contributed by atoms with E-state index in [2.05, 4.69) is 39.7 Å². The molecule has 0 radical (unpaired) electrons. The molecule has 2 rings (SSSR count). The van der Waals surface area contributed by atoms with Crippen molar-refractivity contribution < 1.29 is 4.74 Å². The Morgan fingerprint density at radius 1 is 1.33 bits per heavy atom. The third kappa shape index (κ3) is 4.05. The van der Waals surface area contributed by atoms with Gasteiger partial charge in [0.05, 0.1) is 19.0 Å². The van der Waals surface area contributed by atoms with Crippen molar-refractivity contribution in [3.8, 4) is 5.75 Å². The van der Waals surface area contributed by atoms with Crippen molar-refractivity contribution in [1.82, 2.24) is 15.2 Å². The number of rotatable bonds is 6. The quantitative estimate of drug-likeness (QED) is 0.850. The van der Waals surface area contributed by atoms with E-state index in [0.29, 0.717) is 17.8 Å². The number of aryl methyl sites for hydroxylation is 1. The summed E-state index contributed by atoms with van der Waals surface area (Å²) in [6.45, 7) is 6.23. The molecule has 0 saturated carbocycles. The zero-order chi connectivity index (χ0) is 15.2. The molecule has 0 amide bonds. The monoisotopic (exact) mass is 287 g/mol. The smallest absolute Gasteiger partial charge is 0.249 e. The van der Waals surface area contributed by atoms with Crippen molar-refractivity contribution in [1.29, 1.82) is 0 Å². The summed E-state index contributed by atoms with van der Waals surface area (Å²) in [5.74, 6) is 1.88. The van der Waals surface area contributed by atoms with E-state index >= 15 is 0 Å². The van der Waals surface area contributed by atoms with Crippen LogP contribution in [0.4, 0.5) is 17.5 Å². The van der Waals surface area contributed by atoms with Gasteiger partial charge < -0.3 is 15.4 Å². The van der Waals surface area contributed by atoms with Gasteiger partial charge in [-0.1, -0.05) is 13.0 Å². The predicted molar refractivity (Wildman–Crippen MR) is 84.2 cm³/mol. The van der Waals surface area contributed by atoms with Crippen LogP contribution in [-0.2, 0) is 0 Å². The van der Waals surface area contributed by atoms with Gasteiger partial charge in [-0.3, -0.25) is 0 Å². The van der Waals surface area contributed by atoms with Crippen LogP contribution in [-0.4, -0.2) is 28.3 Å². The molecule has 0 saturated heterocycles. The number of anilines is 3. The van der Waals surface area contributed by atoms with E-state index < -0.39 is 0 Å². The van der Waals surface area contributed by atoms with Crippen LogP contribution < -0.4 is 15.4 Å². The number of hydrogen-bond acceptors (Lipinski definition) is 6. The van der Waals surface area contributed by atoms with Crippen molar-refractivity contribution >= 4 is 17.5 Å². The van der Waals surface area contributed by atoms with Crippen LogP contribution in [0.15, 0.2) is 24.4 Å². The molecule has 0 bridgehead atoms. The Balaban J connectivity index is 2.20. The first kappa shape index (κ1) is 15.0. The summed E-state index contributed by atoms with van der Waals surface area (Å²) in [6, 6.07) is 6.22. The summed E-state index contributed by atoms with van der Waals surface area (Å²) < 4.78 is 5.33. The summed E-state index contributed by atoms with van der Waals surface area (Å²) >= 11 is 0. The minimum atomic E-state index is 0.336. The maximum Gasteiger partial charge on any atom is 0.249 e. The van der Waals surface area contributed by atoms with Gasteiger partial charge in [0, 0.05) is 6.04 Å². The number of benzene rings is 1. The topological polar surface area (TPSA) is 72.0 Å². The Hall–Kier alpha value is -2.37. The van der Waals surface area contributed by atoms with Gasteiger partial charge in [-0.15, -0.1) is 5.10 Å². The maximum absolute atomic E-state index is 5.33. The van der Waals surface area contributed by atoms with Crippen molar-refractivity contribution in [3.63, 3.8) is 0 Å². The summed E-state index contributed by atoms with van der Waals surface area (Å²) in [7, 11) is 1.63. The maximum atomic E-state index is 5.33. The molecule has 0 spiro atoms. The molecule has 2 aromatic rings. The summed E-state index contributed by atoms with van der Waals surface area (Å²) in [4.78, 5) is 4.41. The fourth-order valence-electron chi connectivity index (χ4n) is 1.82. The molecular formula is C15H21N5O. The lowest BCUT2D eigenvalue weighted by Gasteiger charge is -2.13. The second kappa shape index (κ2) is 6.88. The van der Waals surface area contributed by atoms with Crippen LogP contribution >= 0.6 is 0 Å². The Morgan fingerprint density at radius 3 is 2.86 bits per heavy atom. The van der Waals surface area contributed by atoms with E-state index in [9.17, 15) is 0 Å². The number of nitrogens with one attached hydrogen (secondary N) is 2. The zero-order valence-corrected chi connectivity index (χ0v) is 12.8. The largest absolute Gasteiger partial charge is 0.495 e. The molecule has 0 fully saturated rings. The molecule has 6 nitrogen and oxygen atoms in total. The van der Waals surface area contributed by atoms with Crippen LogP contribution in [0, 0.1) is 6.92 Å². The number of methoxy groups -OCH3 is 1. The highest BCUT2D eigenvalue weighted by Gasteiger charge is 2.07. The number of aromatic nitrogens is 3. The standard InChI is InChI=1S/C15H21N5O/c1-5-11(3)17-14-9-16-20-15(19-14)18-12-8-10(2)6-7-13(12)21-4/h6-9,11H,5H2,1-4H3,(H2,17,18,19,20). The zero-order valence-electron chi connectivity index (χ0n) is 12.8. The molecule has 0 aliphatic carbocycles. The Morgan fingerprint density at radius 2 is 2.14 bits per heavy atom. The van der Waals surface area contributed by atoms with Gasteiger partial charge >= 0.3 is 0 Å². The lowest BCUT2D eigenvalue weighted by atomic mass is 10.2. The summed E-state index contributed by atoms with van der Waals surface area (Å²) in [6.07, 6.45) is 2.63. The predicted octanol–water partition coefficient (Wildman–Crippen LogP) is 3.14. The normalized spacial score (nSPS) is 11.8. The van der Waals surface area contributed by atoms with Crippen molar-refractivity contribution in [3.05, 3.63) is 30.0 Å². The van der Waals surface area contributed by atoms with Gasteiger partial charge in [0.2, 0.25) is 5.95 Å². The van der Waals surface area contributed by atoms with E-state index in [-0.39, 0.29) is 0 Å². The highest BCUT2D eigenvalue weighted by Crippen LogP contribution is 2.27. The van der Waals surface area contributed by atoms with Crippen molar-refractivity contribution in [2.24, 2.45) is 0 Å². The van der Waals surface area contributed by atoms with Gasteiger partial charge in [0.25, 0.3) is 0 Å². The molecule has 1 unspecified atom stereocenters. The van der Waals surface area contributed by atoms with Crippen molar-refractivity contribution in [2.75, 3.05) is 17.7 Å². The average molecular weight is 287 g/mol. The molecule has 112 valence electrons. The molecule has 6 heteroatoms. The van der Waals surface area contributed by atoms with E-state index in [1.165, 1.54) is 0 Å². The molecule has 21 heavy (non-hydrogen) atoms. The minimum absolute atomic E-state index is 0.336. The summed E-state index contributed by atoms with van der Waals surface area (Å²) in [5, 5.41) is 14.4. The number of nitrogens with zero attached hydrogens (tertiary/aromatic N) is 3. The molecule has 1 aromatic heterocycles. The molecule has 1 heterocycles. The van der Waals surface area contributed by atoms with E-state index in [0.717, 1.165) is 23.4 Å². The van der Waals surface area contributed by atoms with Gasteiger partial charge in [-0.2, -0.15) is 10.1 Å². The highest BCUT2D eigenvalue weighted by molar-refractivity contribution is 5.63. The first-order valence-electron chi connectivity index (χ1n) is 7.00. The molecule has 1 atom stereocenters. The SMILES string of the molecule is CCC(C)Nc1cnnc(Nc2cc(C)ccc2OC)n1. The van der Waals surface area contributed by atoms with E-state index in [1.807, 2.05) is 25.1 Å². The fraction of sp³-hybridized carbons (Fsp3) is 0.400. The lowest BCUT2D eigenvalue weighted by Crippen LogP contribution is -2.15. The second-order valence-corrected chi connectivity index (χ2v) is 4.95. The van der Waals surface area contributed by atoms with Crippen LogP contribution in [0.5, 0.6) is 5.75 Å². The first-order valence-corrected chi connectivity index (χ1v) is 7.00. The van der Waals surface area contributed by atoms with Crippen molar-refractivity contribution in [2.45, 2.75) is 33.2 Å². The first-order chi connectivity index (χ1) is 10.1. The molecule has 0 aliphatic rings. The Labute approximate surface area is 125 Å². The van der Waals surface area contributed by atoms with Crippen LogP contribution in [0.1, 0.15) is 25.8 Å². The number of ether oxygens (including phenoxy) is 1. The average Bonchev–Trinajstić information content (AvgIpc) is 2.48. The molecular weight excluding hydrogens is 266 g/mol. The third-order valence-electron chi connectivity index (χ3n) is 3.17. The summed E-state index contributed by atoms with van der Waals surface area (Å²) in [5.41, 5.74) is 1.94. The highest BCUT2D eigenvalue weighted by atomic mass is 16.5. The fourth-order valence-corrected chi connectivity index (χ4v) is 1.82. The molecule has 2 N–H and O–H groups in total. The van der Waals surface area contributed by atoms with E-state index in [1.54, 1.807) is 13.3 Å². The van der Waals surface area contributed by atoms with Gasteiger partial charge in [0.1, 0.15) is 5.75 Å². The van der Waals surface area contributed by atoms with Crippen LogP contribution in [0.25, 0.3) is 0 Å². The van der Waals surface area contributed by atoms with Gasteiger partial charge in [-0.25, -0.2) is 0 Å². The van der Waals surface area contributed by atoms with Crippen LogP contribution in [0.2, 0.25) is 0 Å². The minimum Gasteiger partial charge on any atom is -0.495 e. The lowest BCUT2D eigenvalue weighted by molar-refractivity contribution is 0.416. The third-order valence-corrected chi connectivity index (χ3v) is 3.17.